The number of alkyl halides is 3. The van der Waals surface area contributed by atoms with Crippen LogP contribution in [0.15, 0.2) is 53.7 Å². The molecule has 0 aliphatic rings. The molecular formula is C22H22F3N5O2S. The molecule has 0 unspecified atom stereocenters. The number of amides is 2. The van der Waals surface area contributed by atoms with E-state index < -0.39 is 17.6 Å². The highest BCUT2D eigenvalue weighted by atomic mass is 32.2. The molecule has 0 spiro atoms. The number of aryl methyl sites for hydroxylation is 1. The molecule has 11 heteroatoms. The molecule has 0 saturated carbocycles. The van der Waals surface area contributed by atoms with Crippen molar-refractivity contribution in [3.63, 3.8) is 0 Å². The molecule has 2 N–H and O–H groups in total. The topological polar surface area (TPSA) is 88.9 Å². The second-order valence-electron chi connectivity index (χ2n) is 7.15. The van der Waals surface area contributed by atoms with E-state index >= 15 is 0 Å². The Labute approximate surface area is 192 Å². The fourth-order valence-electron chi connectivity index (χ4n) is 2.96. The maximum Gasteiger partial charge on any atom is 0.416 e. The van der Waals surface area contributed by atoms with Gasteiger partial charge in [0.25, 0.3) is 0 Å². The highest BCUT2D eigenvalue weighted by molar-refractivity contribution is 7.99. The van der Waals surface area contributed by atoms with Crippen molar-refractivity contribution in [2.24, 2.45) is 0 Å². The van der Waals surface area contributed by atoms with Gasteiger partial charge >= 0.3 is 6.18 Å². The van der Waals surface area contributed by atoms with Crippen LogP contribution in [0.4, 0.5) is 24.5 Å². The Morgan fingerprint density at radius 2 is 1.70 bits per heavy atom. The lowest BCUT2D eigenvalue weighted by molar-refractivity contribution is -0.137. The van der Waals surface area contributed by atoms with E-state index in [4.69, 9.17) is 0 Å². The third-order valence-corrected chi connectivity index (χ3v) is 5.54. The molecule has 3 rings (SSSR count). The van der Waals surface area contributed by atoms with Gasteiger partial charge in [-0.1, -0.05) is 35.5 Å². The summed E-state index contributed by atoms with van der Waals surface area (Å²) in [6.07, 6.45) is -4.49. The summed E-state index contributed by atoms with van der Waals surface area (Å²) in [4.78, 5) is 24.6. The summed E-state index contributed by atoms with van der Waals surface area (Å²) in [5, 5.41) is 13.8. The molecule has 0 radical (unpaired) electrons. The molecule has 2 amide bonds. The summed E-state index contributed by atoms with van der Waals surface area (Å²) >= 11 is 1.09. The first-order valence-corrected chi connectivity index (χ1v) is 11.0. The first-order chi connectivity index (χ1) is 15.7. The predicted octanol–water partition coefficient (Wildman–Crippen LogP) is 4.54. The van der Waals surface area contributed by atoms with Gasteiger partial charge in [0, 0.05) is 17.9 Å². The number of nitrogens with zero attached hydrogens (tertiary/aromatic N) is 3. The van der Waals surface area contributed by atoms with Crippen LogP contribution in [0.25, 0.3) is 0 Å². The Hall–Kier alpha value is -3.34. The monoisotopic (exact) mass is 477 g/mol. The second-order valence-corrected chi connectivity index (χ2v) is 8.09. The van der Waals surface area contributed by atoms with Gasteiger partial charge in [0.05, 0.1) is 17.7 Å². The number of hydrogen-bond donors (Lipinski definition) is 2. The maximum absolute atomic E-state index is 12.8. The highest BCUT2D eigenvalue weighted by Crippen LogP contribution is 2.30. The van der Waals surface area contributed by atoms with E-state index in [1.54, 1.807) is 4.57 Å². The van der Waals surface area contributed by atoms with Crippen molar-refractivity contribution in [3.8, 4) is 0 Å². The molecule has 0 saturated heterocycles. The fourth-order valence-corrected chi connectivity index (χ4v) is 3.78. The van der Waals surface area contributed by atoms with Gasteiger partial charge in [-0.05, 0) is 44.2 Å². The molecular weight excluding hydrogens is 455 g/mol. The SMILES string of the molecule is CCn1c(CC(=O)Nc2ccc(C)cc2)nnc1SCC(=O)Nc1cccc(C(F)(F)F)c1. The van der Waals surface area contributed by atoms with Gasteiger partial charge < -0.3 is 15.2 Å². The molecule has 0 fully saturated rings. The third kappa shape index (κ3) is 6.82. The summed E-state index contributed by atoms with van der Waals surface area (Å²) in [5.74, 6) is -0.365. The first-order valence-electron chi connectivity index (χ1n) is 10.0. The molecule has 0 atom stereocenters. The van der Waals surface area contributed by atoms with E-state index in [0.717, 1.165) is 29.5 Å². The zero-order chi connectivity index (χ0) is 24.0. The van der Waals surface area contributed by atoms with Gasteiger partial charge in [0.15, 0.2) is 5.16 Å². The lowest BCUT2D eigenvalue weighted by Crippen LogP contribution is -2.18. The van der Waals surface area contributed by atoms with E-state index in [-0.39, 0.29) is 23.8 Å². The summed E-state index contributed by atoms with van der Waals surface area (Å²) < 4.78 is 40.2. The lowest BCUT2D eigenvalue weighted by Gasteiger charge is -2.10. The van der Waals surface area contributed by atoms with Gasteiger partial charge in [0.1, 0.15) is 5.82 Å². The molecule has 0 aliphatic carbocycles. The number of aromatic nitrogens is 3. The lowest BCUT2D eigenvalue weighted by atomic mass is 10.2. The Morgan fingerprint density at radius 1 is 1.00 bits per heavy atom. The summed E-state index contributed by atoms with van der Waals surface area (Å²) in [6.45, 7) is 4.30. The number of benzene rings is 2. The zero-order valence-electron chi connectivity index (χ0n) is 17.9. The van der Waals surface area contributed by atoms with Gasteiger partial charge in [-0.3, -0.25) is 9.59 Å². The van der Waals surface area contributed by atoms with E-state index in [9.17, 15) is 22.8 Å². The minimum atomic E-state index is -4.49. The Kier molecular flexibility index (Phi) is 7.75. The molecule has 0 aliphatic heterocycles. The Balaban J connectivity index is 1.58. The zero-order valence-corrected chi connectivity index (χ0v) is 18.8. The van der Waals surface area contributed by atoms with Crippen LogP contribution in [-0.4, -0.2) is 32.3 Å². The van der Waals surface area contributed by atoms with Gasteiger partial charge in [0.2, 0.25) is 11.8 Å². The van der Waals surface area contributed by atoms with Crippen LogP contribution in [0.2, 0.25) is 0 Å². The number of carbonyl (C=O) groups is 2. The quantitative estimate of drug-likeness (QED) is 0.465. The number of thioether (sulfide) groups is 1. The van der Waals surface area contributed by atoms with Crippen molar-refractivity contribution in [2.45, 2.75) is 38.1 Å². The minimum absolute atomic E-state index is 0.00566. The maximum atomic E-state index is 12.8. The number of hydrogen-bond acceptors (Lipinski definition) is 5. The molecule has 1 heterocycles. The van der Waals surface area contributed by atoms with Crippen LogP contribution >= 0.6 is 11.8 Å². The Bertz CT molecular complexity index is 1130. The number of nitrogens with one attached hydrogen (secondary N) is 2. The average molecular weight is 478 g/mol. The molecule has 7 nitrogen and oxygen atoms in total. The molecule has 2 aromatic carbocycles. The molecule has 33 heavy (non-hydrogen) atoms. The molecule has 0 bridgehead atoms. The van der Waals surface area contributed by atoms with E-state index in [1.807, 2.05) is 38.1 Å². The van der Waals surface area contributed by atoms with Crippen LogP contribution in [0.1, 0.15) is 23.9 Å². The van der Waals surface area contributed by atoms with E-state index in [1.165, 1.54) is 12.1 Å². The summed E-state index contributed by atoms with van der Waals surface area (Å²) in [6, 6.07) is 11.8. The Morgan fingerprint density at radius 3 is 2.36 bits per heavy atom. The number of halogens is 3. The first kappa shape index (κ1) is 24.3. The van der Waals surface area contributed by atoms with Crippen molar-refractivity contribution in [1.82, 2.24) is 14.8 Å². The fraction of sp³-hybridized carbons (Fsp3) is 0.273. The molecule has 174 valence electrons. The van der Waals surface area contributed by atoms with Crippen molar-refractivity contribution < 1.29 is 22.8 Å². The van der Waals surface area contributed by atoms with Gasteiger partial charge in [-0.2, -0.15) is 13.2 Å². The van der Waals surface area contributed by atoms with E-state index in [2.05, 4.69) is 20.8 Å². The smallest absolute Gasteiger partial charge is 0.326 e. The van der Waals surface area contributed by atoms with Crippen LogP contribution in [0.3, 0.4) is 0 Å². The third-order valence-electron chi connectivity index (χ3n) is 4.57. The van der Waals surface area contributed by atoms with Crippen LogP contribution in [0, 0.1) is 6.92 Å². The predicted molar refractivity (Wildman–Crippen MR) is 120 cm³/mol. The van der Waals surface area contributed by atoms with Crippen LogP contribution in [-0.2, 0) is 28.7 Å². The van der Waals surface area contributed by atoms with E-state index in [0.29, 0.717) is 23.2 Å². The van der Waals surface area contributed by atoms with Crippen molar-refractivity contribution in [1.29, 1.82) is 0 Å². The second kappa shape index (κ2) is 10.5. The van der Waals surface area contributed by atoms with Gasteiger partial charge in [-0.15, -0.1) is 10.2 Å². The number of anilines is 2. The largest absolute Gasteiger partial charge is 0.416 e. The number of carbonyl (C=O) groups excluding carboxylic acids is 2. The van der Waals surface area contributed by atoms with Crippen molar-refractivity contribution >= 4 is 35.0 Å². The highest BCUT2D eigenvalue weighted by Gasteiger charge is 2.30. The average Bonchev–Trinajstić information content (AvgIpc) is 3.14. The molecule has 3 aromatic rings. The minimum Gasteiger partial charge on any atom is -0.326 e. The summed E-state index contributed by atoms with van der Waals surface area (Å²) in [5.41, 5.74) is 0.972. The summed E-state index contributed by atoms with van der Waals surface area (Å²) in [7, 11) is 0. The molecule has 1 aromatic heterocycles. The number of rotatable bonds is 8. The van der Waals surface area contributed by atoms with Crippen molar-refractivity contribution in [2.75, 3.05) is 16.4 Å². The van der Waals surface area contributed by atoms with Gasteiger partial charge in [-0.25, -0.2) is 0 Å². The normalized spacial score (nSPS) is 11.3. The van der Waals surface area contributed by atoms with Crippen LogP contribution < -0.4 is 10.6 Å². The van der Waals surface area contributed by atoms with Crippen LogP contribution in [0.5, 0.6) is 0 Å². The van der Waals surface area contributed by atoms with Crippen molar-refractivity contribution in [3.05, 3.63) is 65.5 Å². The standard InChI is InChI=1S/C22H22F3N5O2S/c1-3-30-18(12-19(31)26-16-9-7-14(2)8-10-16)28-29-21(30)33-13-20(32)27-17-6-4-5-15(11-17)22(23,24)25/h4-11H,3,12-13H2,1-2H3,(H,26,31)(H,27,32).